The fourth-order valence-corrected chi connectivity index (χ4v) is 2.70. The molecule has 2 aromatic rings. The highest BCUT2D eigenvalue weighted by Gasteiger charge is 2.15. The van der Waals surface area contributed by atoms with Gasteiger partial charge in [0.15, 0.2) is 0 Å². The van der Waals surface area contributed by atoms with Gasteiger partial charge in [-0.3, -0.25) is 0 Å². The van der Waals surface area contributed by atoms with E-state index in [-0.39, 0.29) is 5.82 Å². The molecule has 2 rings (SSSR count). The van der Waals surface area contributed by atoms with Crippen LogP contribution in [0.1, 0.15) is 50.4 Å². The van der Waals surface area contributed by atoms with Gasteiger partial charge in [0.2, 0.25) is 0 Å². The van der Waals surface area contributed by atoms with Crippen LogP contribution >= 0.6 is 0 Å². The fourth-order valence-electron chi connectivity index (χ4n) is 2.70. The van der Waals surface area contributed by atoms with E-state index in [1.165, 1.54) is 25.0 Å². The highest BCUT2D eigenvalue weighted by molar-refractivity contribution is 5.14. The molecule has 22 heavy (non-hydrogen) atoms. The molecule has 120 valence electrons. The standard InChI is InChI=1S/C19H26FNO/c1-15(2)5-8-17(19-4-3-13-22-19)11-12-21-14-16-6-9-18(20)10-7-16/h3-4,6-7,9-10,13,15,17,21H,5,8,11-12,14H2,1-2H3/p+1/t17-/m1/s1. The first kappa shape index (κ1) is 16.8. The highest BCUT2D eigenvalue weighted by Crippen LogP contribution is 2.26. The summed E-state index contributed by atoms with van der Waals surface area (Å²) in [5.41, 5.74) is 1.16. The SMILES string of the molecule is CC(C)CC[C@H](CC[NH2+]Cc1ccc(F)cc1)c1ccco1. The van der Waals surface area contributed by atoms with Gasteiger partial charge in [-0.1, -0.05) is 32.4 Å². The fraction of sp³-hybridized carbons (Fsp3) is 0.474. The van der Waals surface area contributed by atoms with E-state index in [0.717, 1.165) is 36.8 Å². The third kappa shape index (κ3) is 5.64. The molecule has 1 aromatic carbocycles. The summed E-state index contributed by atoms with van der Waals surface area (Å²) in [5.74, 6) is 2.16. The number of nitrogens with two attached hydrogens (primary N) is 1. The molecule has 0 spiro atoms. The smallest absolute Gasteiger partial charge is 0.123 e. The Balaban J connectivity index is 1.77. The van der Waals surface area contributed by atoms with Crippen LogP contribution in [-0.2, 0) is 6.54 Å². The highest BCUT2D eigenvalue weighted by atomic mass is 19.1. The molecule has 0 saturated carbocycles. The molecular formula is C19H27FNO+. The van der Waals surface area contributed by atoms with E-state index in [2.05, 4.69) is 25.2 Å². The van der Waals surface area contributed by atoms with Crippen molar-refractivity contribution < 1.29 is 14.1 Å². The lowest BCUT2D eigenvalue weighted by molar-refractivity contribution is -0.671. The van der Waals surface area contributed by atoms with Crippen LogP contribution in [0.2, 0.25) is 0 Å². The van der Waals surface area contributed by atoms with Crippen LogP contribution in [0.4, 0.5) is 4.39 Å². The molecule has 0 saturated heterocycles. The summed E-state index contributed by atoms with van der Waals surface area (Å²) in [7, 11) is 0. The molecular weight excluding hydrogens is 277 g/mol. The van der Waals surface area contributed by atoms with Gasteiger partial charge in [-0.25, -0.2) is 4.39 Å². The molecule has 0 bridgehead atoms. The summed E-state index contributed by atoms with van der Waals surface area (Å²) in [5, 5.41) is 2.29. The lowest BCUT2D eigenvalue weighted by Crippen LogP contribution is -2.82. The zero-order chi connectivity index (χ0) is 15.8. The number of benzene rings is 1. The Labute approximate surface area is 132 Å². The van der Waals surface area contributed by atoms with Crippen molar-refractivity contribution in [3.63, 3.8) is 0 Å². The van der Waals surface area contributed by atoms with Crippen molar-refractivity contribution in [2.75, 3.05) is 6.54 Å². The maximum Gasteiger partial charge on any atom is 0.123 e. The Morgan fingerprint density at radius 1 is 1.05 bits per heavy atom. The summed E-state index contributed by atoms with van der Waals surface area (Å²) in [6, 6.07) is 10.8. The van der Waals surface area contributed by atoms with Crippen LogP contribution in [-0.4, -0.2) is 6.54 Å². The number of rotatable bonds is 9. The lowest BCUT2D eigenvalue weighted by Gasteiger charge is -2.15. The normalized spacial score (nSPS) is 12.7. The van der Waals surface area contributed by atoms with E-state index in [9.17, 15) is 4.39 Å². The molecule has 0 radical (unpaired) electrons. The summed E-state index contributed by atoms with van der Waals surface area (Å²) < 4.78 is 18.5. The van der Waals surface area contributed by atoms with E-state index < -0.39 is 0 Å². The maximum absolute atomic E-state index is 12.9. The summed E-state index contributed by atoms with van der Waals surface area (Å²) >= 11 is 0. The first-order valence-corrected chi connectivity index (χ1v) is 8.24. The van der Waals surface area contributed by atoms with E-state index in [1.807, 2.05) is 18.2 Å². The van der Waals surface area contributed by atoms with Gasteiger partial charge in [0.1, 0.15) is 18.1 Å². The van der Waals surface area contributed by atoms with Crippen molar-refractivity contribution in [3.8, 4) is 0 Å². The summed E-state index contributed by atoms with van der Waals surface area (Å²) in [6.45, 7) is 6.48. The van der Waals surface area contributed by atoms with Gasteiger partial charge >= 0.3 is 0 Å². The molecule has 2 N–H and O–H groups in total. The lowest BCUT2D eigenvalue weighted by atomic mass is 9.93. The Bertz CT molecular complexity index is 519. The van der Waals surface area contributed by atoms with Gasteiger partial charge in [0, 0.05) is 17.9 Å². The minimum absolute atomic E-state index is 0.171. The largest absolute Gasteiger partial charge is 0.469 e. The van der Waals surface area contributed by atoms with Crippen LogP contribution < -0.4 is 5.32 Å². The van der Waals surface area contributed by atoms with Crippen molar-refractivity contribution in [2.45, 2.75) is 45.6 Å². The predicted molar refractivity (Wildman–Crippen MR) is 87.0 cm³/mol. The molecule has 0 amide bonds. The van der Waals surface area contributed by atoms with Gasteiger partial charge in [-0.2, -0.15) is 0 Å². The number of quaternary nitrogens is 1. The molecule has 0 aliphatic carbocycles. The van der Waals surface area contributed by atoms with Gasteiger partial charge in [-0.05, 0) is 36.6 Å². The molecule has 0 aliphatic heterocycles. The predicted octanol–water partition coefficient (Wildman–Crippen LogP) is 4.09. The second-order valence-corrected chi connectivity index (χ2v) is 6.38. The molecule has 3 heteroatoms. The van der Waals surface area contributed by atoms with Crippen LogP contribution in [0.5, 0.6) is 0 Å². The zero-order valence-electron chi connectivity index (χ0n) is 13.6. The third-order valence-electron chi connectivity index (χ3n) is 4.05. The maximum atomic E-state index is 12.9. The number of hydrogen-bond donors (Lipinski definition) is 1. The third-order valence-corrected chi connectivity index (χ3v) is 4.05. The number of furan rings is 1. The molecule has 0 aliphatic rings. The summed E-state index contributed by atoms with van der Waals surface area (Å²) in [4.78, 5) is 0. The van der Waals surface area contributed by atoms with Gasteiger partial charge in [0.05, 0.1) is 12.8 Å². The van der Waals surface area contributed by atoms with Gasteiger partial charge < -0.3 is 9.73 Å². The molecule has 1 heterocycles. The van der Waals surface area contributed by atoms with Crippen molar-refractivity contribution in [1.29, 1.82) is 0 Å². The van der Waals surface area contributed by atoms with E-state index in [1.54, 1.807) is 6.26 Å². The Hall–Kier alpha value is -1.61. The van der Waals surface area contributed by atoms with Crippen molar-refractivity contribution in [2.24, 2.45) is 5.92 Å². The zero-order valence-corrected chi connectivity index (χ0v) is 13.6. The molecule has 1 atom stereocenters. The van der Waals surface area contributed by atoms with Gasteiger partial charge in [-0.15, -0.1) is 0 Å². The van der Waals surface area contributed by atoms with Crippen molar-refractivity contribution in [1.82, 2.24) is 0 Å². The number of halogens is 1. The minimum Gasteiger partial charge on any atom is -0.469 e. The molecule has 1 aromatic heterocycles. The summed E-state index contributed by atoms with van der Waals surface area (Å²) in [6.07, 6.45) is 5.28. The van der Waals surface area contributed by atoms with Crippen molar-refractivity contribution >= 4 is 0 Å². The quantitative estimate of drug-likeness (QED) is 0.695. The molecule has 0 fully saturated rings. The second-order valence-electron chi connectivity index (χ2n) is 6.38. The van der Waals surface area contributed by atoms with E-state index >= 15 is 0 Å². The average molecular weight is 304 g/mol. The van der Waals surface area contributed by atoms with Gasteiger partial charge in [0.25, 0.3) is 0 Å². The second kappa shape index (κ2) is 8.74. The Kier molecular flexibility index (Phi) is 6.66. The van der Waals surface area contributed by atoms with Crippen LogP contribution in [0.25, 0.3) is 0 Å². The Morgan fingerprint density at radius 2 is 1.82 bits per heavy atom. The minimum atomic E-state index is -0.171. The van der Waals surface area contributed by atoms with E-state index in [4.69, 9.17) is 4.42 Å². The molecule has 2 nitrogen and oxygen atoms in total. The van der Waals surface area contributed by atoms with Crippen LogP contribution in [0.15, 0.2) is 47.1 Å². The molecule has 0 unspecified atom stereocenters. The van der Waals surface area contributed by atoms with E-state index in [0.29, 0.717) is 5.92 Å². The Morgan fingerprint density at radius 3 is 2.45 bits per heavy atom. The average Bonchev–Trinajstić information content (AvgIpc) is 3.02. The first-order valence-electron chi connectivity index (χ1n) is 8.24. The number of hydrogen-bond acceptors (Lipinski definition) is 1. The first-order chi connectivity index (χ1) is 10.6. The van der Waals surface area contributed by atoms with Crippen LogP contribution in [0, 0.1) is 11.7 Å². The monoisotopic (exact) mass is 304 g/mol. The van der Waals surface area contributed by atoms with Crippen LogP contribution in [0.3, 0.4) is 0 Å². The topological polar surface area (TPSA) is 29.8 Å². The van der Waals surface area contributed by atoms with Crippen molar-refractivity contribution in [3.05, 3.63) is 59.8 Å².